The molecule has 3 rings (SSSR count). The van der Waals surface area contributed by atoms with Gasteiger partial charge in [-0.3, -0.25) is 4.90 Å². The predicted octanol–water partition coefficient (Wildman–Crippen LogP) is 4.94. The van der Waals surface area contributed by atoms with Crippen LogP contribution in [0.2, 0.25) is 0 Å². The zero-order chi connectivity index (χ0) is 22.1. The van der Waals surface area contributed by atoms with Gasteiger partial charge in [0.2, 0.25) is 0 Å². The van der Waals surface area contributed by atoms with Crippen molar-refractivity contribution in [1.82, 2.24) is 4.90 Å². The molecule has 0 radical (unpaired) electrons. The summed E-state index contributed by atoms with van der Waals surface area (Å²) in [6.07, 6.45) is -1.50. The van der Waals surface area contributed by atoms with Gasteiger partial charge in [-0.15, -0.1) is 0 Å². The third kappa shape index (κ3) is 4.49. The molecule has 1 heterocycles. The van der Waals surface area contributed by atoms with Crippen molar-refractivity contribution in [2.45, 2.75) is 58.1 Å². The predicted molar refractivity (Wildman–Crippen MR) is 114 cm³/mol. The second-order valence-corrected chi connectivity index (χ2v) is 8.79. The number of hydrogen-bond acceptors (Lipinski definition) is 5. The van der Waals surface area contributed by atoms with E-state index in [0.717, 1.165) is 16.7 Å². The number of rotatable bonds is 3. The van der Waals surface area contributed by atoms with Crippen molar-refractivity contribution < 1.29 is 23.8 Å². The maximum absolute atomic E-state index is 13.1. The molecular formula is C24H29NO5. The van der Waals surface area contributed by atoms with E-state index in [1.807, 2.05) is 54.6 Å². The Bertz CT molecular complexity index is 899. The molecule has 1 fully saturated rings. The molecule has 1 saturated heterocycles. The third-order valence-corrected chi connectivity index (χ3v) is 4.94. The molecule has 2 atom stereocenters. The molecule has 1 aliphatic heterocycles. The summed E-state index contributed by atoms with van der Waals surface area (Å²) < 4.78 is 16.6. The molecule has 0 aliphatic carbocycles. The first-order valence-electron chi connectivity index (χ1n) is 9.97. The van der Waals surface area contributed by atoms with Crippen LogP contribution in [0.5, 0.6) is 0 Å². The molecule has 0 spiro atoms. The van der Waals surface area contributed by atoms with E-state index in [1.54, 1.807) is 34.6 Å². The average Bonchev–Trinajstić information content (AvgIpc) is 2.98. The van der Waals surface area contributed by atoms with Gasteiger partial charge in [0.1, 0.15) is 17.4 Å². The molecule has 0 saturated carbocycles. The van der Waals surface area contributed by atoms with Gasteiger partial charge < -0.3 is 14.2 Å². The van der Waals surface area contributed by atoms with E-state index in [2.05, 4.69) is 0 Å². The number of carbonyl (C=O) groups excluding carboxylic acids is 2. The first kappa shape index (κ1) is 21.8. The van der Waals surface area contributed by atoms with Gasteiger partial charge in [0.25, 0.3) is 0 Å². The van der Waals surface area contributed by atoms with Crippen LogP contribution >= 0.6 is 0 Å². The van der Waals surface area contributed by atoms with Crippen molar-refractivity contribution >= 4 is 12.1 Å². The monoisotopic (exact) mass is 411 g/mol. The van der Waals surface area contributed by atoms with Crippen molar-refractivity contribution in [2.24, 2.45) is 0 Å². The normalized spacial score (nSPS) is 20.7. The summed E-state index contributed by atoms with van der Waals surface area (Å²) >= 11 is 0. The van der Waals surface area contributed by atoms with Crippen LogP contribution in [0.15, 0.2) is 54.6 Å². The second kappa shape index (κ2) is 8.11. The number of hydrogen-bond donors (Lipinski definition) is 0. The number of amides is 1. The number of esters is 1. The average molecular weight is 411 g/mol. The lowest BCUT2D eigenvalue weighted by Gasteiger charge is -2.35. The third-order valence-electron chi connectivity index (χ3n) is 4.94. The standard InChI is InChI=1S/C24H29NO5/c1-23(2,3)30-22(27)25-19(20(21(26)28-6)29-24(25,4)5)18-14-12-17(13-15-18)16-10-8-7-9-11-16/h7-15,19-20H,1-6H3/t19-,20+/m0/s1. The maximum atomic E-state index is 13.1. The summed E-state index contributed by atoms with van der Waals surface area (Å²) in [5.74, 6) is -0.536. The van der Waals surface area contributed by atoms with E-state index < -0.39 is 35.5 Å². The van der Waals surface area contributed by atoms with Gasteiger partial charge in [-0.2, -0.15) is 0 Å². The minimum absolute atomic E-state index is 0.536. The number of benzene rings is 2. The number of methoxy groups -OCH3 is 1. The largest absolute Gasteiger partial charge is 0.467 e. The summed E-state index contributed by atoms with van der Waals surface area (Å²) in [5, 5.41) is 0. The topological polar surface area (TPSA) is 65.1 Å². The summed E-state index contributed by atoms with van der Waals surface area (Å²) in [4.78, 5) is 27.1. The quantitative estimate of drug-likeness (QED) is 0.670. The lowest BCUT2D eigenvalue weighted by atomic mass is 9.97. The van der Waals surface area contributed by atoms with Gasteiger partial charge in [0, 0.05) is 0 Å². The molecule has 0 N–H and O–H groups in total. The van der Waals surface area contributed by atoms with E-state index in [1.165, 1.54) is 12.0 Å². The zero-order valence-electron chi connectivity index (χ0n) is 18.3. The minimum Gasteiger partial charge on any atom is -0.467 e. The van der Waals surface area contributed by atoms with Gasteiger partial charge in [-0.1, -0.05) is 54.6 Å². The lowest BCUT2D eigenvalue weighted by molar-refractivity contribution is -0.158. The molecule has 6 nitrogen and oxygen atoms in total. The SMILES string of the molecule is COC(=O)[C@@H]1OC(C)(C)N(C(=O)OC(C)(C)C)[C@H]1c1ccc(-c2ccccc2)cc1. The van der Waals surface area contributed by atoms with Crippen molar-refractivity contribution in [1.29, 1.82) is 0 Å². The highest BCUT2D eigenvalue weighted by Gasteiger charge is 2.55. The first-order valence-corrected chi connectivity index (χ1v) is 9.97. The summed E-state index contributed by atoms with van der Waals surface area (Å²) in [6, 6.07) is 17.1. The Labute approximate surface area is 177 Å². The second-order valence-electron chi connectivity index (χ2n) is 8.79. The Morgan fingerprint density at radius 2 is 1.53 bits per heavy atom. The van der Waals surface area contributed by atoms with Gasteiger partial charge in [-0.25, -0.2) is 9.59 Å². The Kier molecular flexibility index (Phi) is 5.90. The molecule has 2 aromatic carbocycles. The van der Waals surface area contributed by atoms with Crippen LogP contribution in [0.4, 0.5) is 4.79 Å². The minimum atomic E-state index is -1.05. The summed E-state index contributed by atoms with van der Waals surface area (Å²) in [6.45, 7) is 8.89. The Morgan fingerprint density at radius 3 is 2.07 bits per heavy atom. The van der Waals surface area contributed by atoms with Crippen molar-refractivity contribution in [3.63, 3.8) is 0 Å². The van der Waals surface area contributed by atoms with Gasteiger partial charge >= 0.3 is 12.1 Å². The fourth-order valence-electron chi connectivity index (χ4n) is 3.67. The molecule has 1 amide bonds. The van der Waals surface area contributed by atoms with Crippen LogP contribution in [0, 0.1) is 0 Å². The van der Waals surface area contributed by atoms with E-state index in [0.29, 0.717) is 0 Å². The van der Waals surface area contributed by atoms with E-state index in [4.69, 9.17) is 14.2 Å². The van der Waals surface area contributed by atoms with Gasteiger partial charge in [0.05, 0.1) is 7.11 Å². The van der Waals surface area contributed by atoms with E-state index in [9.17, 15) is 9.59 Å². The smallest absolute Gasteiger partial charge is 0.413 e. The van der Waals surface area contributed by atoms with E-state index in [-0.39, 0.29) is 0 Å². The molecular weight excluding hydrogens is 382 g/mol. The van der Waals surface area contributed by atoms with Gasteiger partial charge in [0.15, 0.2) is 6.10 Å². The molecule has 1 aliphatic rings. The van der Waals surface area contributed by atoms with Crippen LogP contribution in [-0.2, 0) is 19.0 Å². The Hall–Kier alpha value is -2.86. The Morgan fingerprint density at radius 1 is 0.967 bits per heavy atom. The van der Waals surface area contributed by atoms with E-state index >= 15 is 0 Å². The summed E-state index contributed by atoms with van der Waals surface area (Å²) in [5.41, 5.74) is 1.15. The molecule has 160 valence electrons. The number of ether oxygens (including phenoxy) is 3. The van der Waals surface area contributed by atoms with Crippen molar-refractivity contribution in [2.75, 3.05) is 7.11 Å². The van der Waals surface area contributed by atoms with Crippen LogP contribution in [0.3, 0.4) is 0 Å². The van der Waals surface area contributed by atoms with Crippen LogP contribution in [-0.4, -0.2) is 41.5 Å². The zero-order valence-corrected chi connectivity index (χ0v) is 18.3. The molecule has 0 unspecified atom stereocenters. The highest BCUT2D eigenvalue weighted by Crippen LogP contribution is 2.43. The fourth-order valence-corrected chi connectivity index (χ4v) is 3.67. The van der Waals surface area contributed by atoms with Crippen LogP contribution in [0.25, 0.3) is 11.1 Å². The van der Waals surface area contributed by atoms with Crippen molar-refractivity contribution in [3.05, 3.63) is 60.2 Å². The van der Waals surface area contributed by atoms with Crippen LogP contribution < -0.4 is 0 Å². The van der Waals surface area contributed by atoms with Crippen LogP contribution in [0.1, 0.15) is 46.2 Å². The highest BCUT2D eigenvalue weighted by atomic mass is 16.6. The van der Waals surface area contributed by atoms with Crippen molar-refractivity contribution in [3.8, 4) is 11.1 Å². The Balaban J connectivity index is 2.01. The number of nitrogens with zero attached hydrogens (tertiary/aromatic N) is 1. The van der Waals surface area contributed by atoms with Gasteiger partial charge in [-0.05, 0) is 51.3 Å². The molecule has 6 heteroatoms. The highest BCUT2D eigenvalue weighted by molar-refractivity contribution is 5.79. The molecule has 0 aromatic heterocycles. The number of carbonyl (C=O) groups is 2. The first-order chi connectivity index (χ1) is 14.0. The molecule has 30 heavy (non-hydrogen) atoms. The fraction of sp³-hybridized carbons (Fsp3) is 0.417. The molecule has 2 aromatic rings. The maximum Gasteiger partial charge on any atom is 0.413 e. The lowest BCUT2D eigenvalue weighted by Crippen LogP contribution is -2.47. The molecule has 0 bridgehead atoms. The summed E-state index contributed by atoms with van der Waals surface area (Å²) in [7, 11) is 1.31.